The summed E-state index contributed by atoms with van der Waals surface area (Å²) in [6.45, 7) is 6.54. The minimum absolute atomic E-state index is 0.0952. The molecule has 0 unspecified atom stereocenters. The molecule has 0 bridgehead atoms. The quantitative estimate of drug-likeness (QED) is 0.113. The van der Waals surface area contributed by atoms with Gasteiger partial charge >= 0.3 is 0 Å². The maximum absolute atomic E-state index is 9.14. The molecular weight excluding hydrogens is 769 g/mol. The SMILES string of the molecule is [2H]c1c([2H])c([2H])c(-c2cccc(-c3c([2H])c([2H])c([2H])c([2H])c3[2H])c2-[n+]2[c-]n(-c3cccc(Oc4ccc5c6ccccc6n(-c6cc(C(C)(C)C)ccn6)c5c4)c3)c3ccc(-c4ccccc4)cc32)c([2H])c1[2H]. The topological polar surface area (TPSA) is 35.9 Å². The first-order chi connectivity index (χ1) is 35.0. The van der Waals surface area contributed by atoms with Gasteiger partial charge in [-0.25, -0.2) is 4.98 Å². The fourth-order valence-corrected chi connectivity index (χ4v) is 8.32. The third kappa shape index (κ3) is 6.94. The van der Waals surface area contributed by atoms with Crippen LogP contribution < -0.4 is 9.30 Å². The average molecular weight is 823 g/mol. The lowest BCUT2D eigenvalue weighted by Gasteiger charge is -2.20. The molecule has 0 amide bonds. The number of hydrogen-bond donors (Lipinski definition) is 0. The molecule has 0 saturated heterocycles. The number of para-hydroxylation sites is 2. The molecule has 0 spiro atoms. The Kier molecular flexibility index (Phi) is 7.00. The van der Waals surface area contributed by atoms with Crippen molar-refractivity contribution in [1.82, 2.24) is 14.1 Å². The summed E-state index contributed by atoms with van der Waals surface area (Å²) in [5.41, 5.74) is 6.71. The summed E-state index contributed by atoms with van der Waals surface area (Å²) in [4.78, 5) is 4.84. The van der Waals surface area contributed by atoms with Crippen LogP contribution in [0.2, 0.25) is 0 Å². The van der Waals surface area contributed by atoms with Crippen molar-refractivity contribution in [3.8, 4) is 62.1 Å². The Labute approximate surface area is 381 Å². The molecule has 11 aromatic rings. The summed E-state index contributed by atoms with van der Waals surface area (Å²) in [5, 5.41) is 2.12. The molecule has 5 heteroatoms. The predicted octanol–water partition coefficient (Wildman–Crippen LogP) is 14.3. The number of pyridine rings is 1. The molecule has 0 radical (unpaired) electrons. The van der Waals surface area contributed by atoms with E-state index in [1.54, 1.807) is 22.8 Å². The van der Waals surface area contributed by atoms with Crippen LogP contribution >= 0.6 is 0 Å². The van der Waals surface area contributed by atoms with Crippen LogP contribution in [0, 0.1) is 6.33 Å². The normalized spacial score (nSPS) is 14.0. The lowest BCUT2D eigenvalue weighted by atomic mass is 9.88. The van der Waals surface area contributed by atoms with E-state index in [9.17, 15) is 0 Å². The highest BCUT2D eigenvalue weighted by Gasteiger charge is 2.22. The highest BCUT2D eigenvalue weighted by molar-refractivity contribution is 6.09. The number of benzene rings is 8. The number of nitrogens with zero attached hydrogens (tertiary/aromatic N) is 4. The largest absolute Gasteiger partial charge is 0.458 e. The van der Waals surface area contributed by atoms with Crippen molar-refractivity contribution in [2.75, 3.05) is 0 Å². The van der Waals surface area contributed by atoms with Crippen LogP contribution in [0.5, 0.6) is 11.5 Å². The first kappa shape index (κ1) is 28.5. The van der Waals surface area contributed by atoms with Crippen molar-refractivity contribution in [2.45, 2.75) is 26.2 Å². The molecule has 0 atom stereocenters. The van der Waals surface area contributed by atoms with Gasteiger partial charge in [0.05, 0.1) is 47.1 Å². The molecule has 3 aromatic heterocycles. The number of ether oxygens (including phenoxy) is 1. The van der Waals surface area contributed by atoms with Crippen molar-refractivity contribution in [3.05, 3.63) is 224 Å². The predicted molar refractivity (Wildman–Crippen MR) is 257 cm³/mol. The highest BCUT2D eigenvalue weighted by atomic mass is 16.5. The van der Waals surface area contributed by atoms with E-state index in [1.807, 2.05) is 114 Å². The lowest BCUT2D eigenvalue weighted by molar-refractivity contribution is -0.571. The summed E-state index contributed by atoms with van der Waals surface area (Å²) in [6.07, 6.45) is 5.36. The molecule has 0 aliphatic rings. The van der Waals surface area contributed by atoms with Crippen molar-refractivity contribution in [1.29, 1.82) is 0 Å². The zero-order chi connectivity index (χ0) is 51.2. The lowest BCUT2D eigenvalue weighted by Crippen LogP contribution is -2.31. The van der Waals surface area contributed by atoms with Crippen molar-refractivity contribution in [2.24, 2.45) is 0 Å². The number of fused-ring (bicyclic) bond motifs is 4. The van der Waals surface area contributed by atoms with Gasteiger partial charge in [-0.15, -0.1) is 0 Å². The van der Waals surface area contributed by atoms with Gasteiger partial charge in [-0.05, 0) is 99.0 Å². The van der Waals surface area contributed by atoms with E-state index in [-0.39, 0.29) is 33.4 Å². The smallest absolute Gasteiger partial charge is 0.269 e. The van der Waals surface area contributed by atoms with Gasteiger partial charge in [-0.1, -0.05) is 166 Å². The summed E-state index contributed by atoms with van der Waals surface area (Å²) in [7, 11) is 0. The van der Waals surface area contributed by atoms with Crippen molar-refractivity contribution < 1.29 is 23.0 Å². The third-order valence-corrected chi connectivity index (χ3v) is 11.4. The first-order valence-corrected chi connectivity index (χ1v) is 20.6. The Morgan fingerprint density at radius 3 is 1.98 bits per heavy atom. The Bertz CT molecular complexity index is 3920. The molecule has 11 rings (SSSR count). The summed E-state index contributed by atoms with van der Waals surface area (Å²) in [5.74, 6) is 1.88. The van der Waals surface area contributed by atoms with E-state index in [0.717, 1.165) is 44.3 Å². The molecule has 0 fully saturated rings. The Balaban J connectivity index is 1.13. The fourth-order valence-electron chi connectivity index (χ4n) is 8.32. The molecule has 0 aliphatic carbocycles. The second-order valence-electron chi connectivity index (χ2n) is 16.3. The van der Waals surface area contributed by atoms with Crippen LogP contribution in [0.25, 0.3) is 83.4 Å². The fraction of sp³-hybridized carbons (Fsp3) is 0.0690. The standard InChI is InChI=1S/C58H44N4O/c1-58(2,3)44-33-34-59-56(36-44)62-52-28-14-13-25-50(52)51-31-30-47(38-54(51)62)63-46-24-15-23-45(37-46)60-39-61(55-35-43(29-32-53(55)60)40-17-7-4-8-18-40)57-48(41-19-9-5-10-20-41)26-16-27-49(57)42-21-11-6-12-22-42/h4-38H,1-3H3/i5D,6D,9D,10D,11D,12D,19D,20D,21D,22D. The monoisotopic (exact) mass is 822 g/mol. The second-order valence-corrected chi connectivity index (χ2v) is 16.3. The van der Waals surface area contributed by atoms with Crippen molar-refractivity contribution >= 4 is 32.8 Å². The molecule has 0 aliphatic heterocycles. The van der Waals surface area contributed by atoms with Crippen LogP contribution in [0.4, 0.5) is 0 Å². The van der Waals surface area contributed by atoms with Crippen molar-refractivity contribution in [3.63, 3.8) is 0 Å². The van der Waals surface area contributed by atoms with Gasteiger partial charge in [0.2, 0.25) is 0 Å². The van der Waals surface area contributed by atoms with Gasteiger partial charge in [0.25, 0.3) is 6.33 Å². The van der Waals surface area contributed by atoms with Gasteiger partial charge in [-0.3, -0.25) is 13.7 Å². The van der Waals surface area contributed by atoms with E-state index < -0.39 is 60.4 Å². The zero-order valence-electron chi connectivity index (χ0n) is 44.6. The number of hydrogen-bond acceptors (Lipinski definition) is 2. The molecule has 0 saturated carbocycles. The highest BCUT2D eigenvalue weighted by Crippen LogP contribution is 2.38. The second kappa shape index (κ2) is 15.5. The Morgan fingerprint density at radius 1 is 0.556 bits per heavy atom. The minimum atomic E-state index is -0.572. The van der Waals surface area contributed by atoms with Gasteiger partial charge in [0, 0.05) is 23.0 Å². The van der Waals surface area contributed by atoms with Gasteiger partial charge in [0.1, 0.15) is 17.3 Å². The molecular formula is C58H44N4O. The summed E-state index contributed by atoms with van der Waals surface area (Å²) >= 11 is 0. The van der Waals surface area contributed by atoms with Gasteiger partial charge in [0.15, 0.2) is 0 Å². The van der Waals surface area contributed by atoms with Gasteiger partial charge < -0.3 is 4.74 Å². The molecule has 0 N–H and O–H groups in total. The van der Waals surface area contributed by atoms with E-state index in [0.29, 0.717) is 28.2 Å². The maximum atomic E-state index is 9.14. The van der Waals surface area contributed by atoms with E-state index in [1.165, 1.54) is 0 Å². The number of rotatable bonds is 8. The van der Waals surface area contributed by atoms with E-state index in [2.05, 4.69) is 55.9 Å². The first-order valence-electron chi connectivity index (χ1n) is 25.6. The number of aromatic nitrogens is 4. The summed E-state index contributed by atoms with van der Waals surface area (Å²) < 4.78 is 100. The van der Waals surface area contributed by atoms with Crippen LogP contribution in [-0.2, 0) is 5.41 Å². The van der Waals surface area contributed by atoms with Crippen LogP contribution in [0.3, 0.4) is 0 Å². The van der Waals surface area contributed by atoms with E-state index in [4.69, 9.17) is 23.4 Å². The number of imidazole rings is 1. The molecule has 3 heterocycles. The van der Waals surface area contributed by atoms with Crippen LogP contribution in [0.15, 0.2) is 212 Å². The molecule has 63 heavy (non-hydrogen) atoms. The van der Waals surface area contributed by atoms with E-state index >= 15 is 0 Å². The minimum Gasteiger partial charge on any atom is -0.458 e. The maximum Gasteiger partial charge on any atom is 0.269 e. The third-order valence-electron chi connectivity index (χ3n) is 11.4. The summed E-state index contributed by atoms with van der Waals surface area (Å²) in [6, 6.07) is 41.1. The zero-order valence-corrected chi connectivity index (χ0v) is 34.6. The Morgan fingerprint density at radius 2 is 1.24 bits per heavy atom. The Hall–Kier alpha value is -8.02. The van der Waals surface area contributed by atoms with Gasteiger partial charge in [-0.2, -0.15) is 0 Å². The van der Waals surface area contributed by atoms with Crippen LogP contribution in [-0.4, -0.2) is 14.1 Å². The van der Waals surface area contributed by atoms with Crippen LogP contribution in [0.1, 0.15) is 40.0 Å². The molecule has 5 nitrogen and oxygen atoms in total. The molecule has 302 valence electrons. The molecule has 8 aromatic carbocycles. The average Bonchev–Trinajstić information content (AvgIpc) is 3.94.